The van der Waals surface area contributed by atoms with Gasteiger partial charge in [0.25, 0.3) is 0 Å². The van der Waals surface area contributed by atoms with Crippen LogP contribution in [0.1, 0.15) is 0 Å². The van der Waals surface area contributed by atoms with Crippen molar-refractivity contribution < 1.29 is 0 Å². The highest BCUT2D eigenvalue weighted by molar-refractivity contribution is 9.10. The van der Waals surface area contributed by atoms with Crippen LogP contribution in [0, 0.1) is 0 Å². The second-order valence-corrected chi connectivity index (χ2v) is 6.10. The number of nitrogens with zero attached hydrogens (tertiary/aromatic N) is 2. The van der Waals surface area contributed by atoms with E-state index in [-0.39, 0.29) is 0 Å². The number of benzene rings is 2. The van der Waals surface area contributed by atoms with E-state index in [9.17, 15) is 0 Å². The highest BCUT2D eigenvalue weighted by atomic mass is 79.9. The van der Waals surface area contributed by atoms with Crippen molar-refractivity contribution in [1.82, 2.24) is 9.78 Å². The van der Waals surface area contributed by atoms with Gasteiger partial charge in [-0.25, -0.2) is 0 Å². The van der Waals surface area contributed by atoms with Gasteiger partial charge in [-0.05, 0) is 29.8 Å². The number of aromatic nitrogens is 2. The average molecular weight is 363 g/mol. The summed E-state index contributed by atoms with van der Waals surface area (Å²) in [5, 5.41) is 5.25. The zero-order valence-electron chi connectivity index (χ0n) is 11.3. The van der Waals surface area contributed by atoms with Crippen LogP contribution < -0.4 is 5.73 Å². The van der Waals surface area contributed by atoms with Crippen molar-refractivity contribution in [1.29, 1.82) is 0 Å². The molecule has 0 saturated carbocycles. The van der Waals surface area contributed by atoms with Crippen LogP contribution in [0.25, 0.3) is 22.4 Å². The standard InChI is InChI=1S/C16H13BrClN3/c1-21-16(19)14(10-4-8-13(18)9-5-10)15(20-21)11-2-6-12(17)7-3-11/h2-9H,19H2,1H3. The minimum absolute atomic E-state index is 0.634. The van der Waals surface area contributed by atoms with Gasteiger partial charge in [-0.15, -0.1) is 0 Å². The maximum atomic E-state index is 6.20. The van der Waals surface area contributed by atoms with E-state index in [1.807, 2.05) is 55.6 Å². The van der Waals surface area contributed by atoms with Gasteiger partial charge in [-0.2, -0.15) is 5.10 Å². The summed E-state index contributed by atoms with van der Waals surface area (Å²) in [7, 11) is 1.84. The first kappa shape index (κ1) is 14.2. The maximum absolute atomic E-state index is 6.20. The van der Waals surface area contributed by atoms with Gasteiger partial charge in [0.1, 0.15) is 11.5 Å². The van der Waals surface area contributed by atoms with Crippen LogP contribution in [-0.2, 0) is 7.05 Å². The molecule has 3 rings (SSSR count). The molecule has 0 aliphatic heterocycles. The molecule has 1 aromatic heterocycles. The van der Waals surface area contributed by atoms with Crippen LogP contribution >= 0.6 is 27.5 Å². The Balaban J connectivity index is 2.20. The van der Waals surface area contributed by atoms with Gasteiger partial charge < -0.3 is 5.73 Å². The summed E-state index contributed by atoms with van der Waals surface area (Å²) in [6.07, 6.45) is 0. The molecule has 3 nitrogen and oxygen atoms in total. The Labute approximate surface area is 136 Å². The minimum Gasteiger partial charge on any atom is -0.383 e. The van der Waals surface area contributed by atoms with E-state index < -0.39 is 0 Å². The lowest BCUT2D eigenvalue weighted by molar-refractivity contribution is 0.782. The van der Waals surface area contributed by atoms with Gasteiger partial charge in [-0.1, -0.05) is 51.8 Å². The van der Waals surface area contributed by atoms with Crippen molar-refractivity contribution in [2.24, 2.45) is 7.05 Å². The predicted octanol–water partition coefficient (Wildman–Crippen LogP) is 4.75. The van der Waals surface area contributed by atoms with E-state index in [1.165, 1.54) is 0 Å². The Hall–Kier alpha value is -1.78. The van der Waals surface area contributed by atoms with Crippen LogP contribution in [0.4, 0.5) is 5.82 Å². The molecule has 0 aliphatic carbocycles. The molecule has 21 heavy (non-hydrogen) atoms. The van der Waals surface area contributed by atoms with E-state index in [0.717, 1.165) is 26.9 Å². The predicted molar refractivity (Wildman–Crippen MR) is 91.2 cm³/mol. The first-order valence-corrected chi connectivity index (χ1v) is 7.57. The van der Waals surface area contributed by atoms with Gasteiger partial charge in [0.15, 0.2) is 0 Å². The van der Waals surface area contributed by atoms with Crippen molar-refractivity contribution in [3.63, 3.8) is 0 Å². The number of anilines is 1. The summed E-state index contributed by atoms with van der Waals surface area (Å²) in [6, 6.07) is 15.6. The third-order valence-corrected chi connectivity index (χ3v) is 4.12. The van der Waals surface area contributed by atoms with Crippen molar-refractivity contribution in [3.8, 4) is 22.4 Å². The number of nitrogen functional groups attached to an aromatic ring is 1. The first-order chi connectivity index (χ1) is 10.1. The molecule has 0 aliphatic rings. The van der Waals surface area contributed by atoms with Crippen LogP contribution in [0.15, 0.2) is 53.0 Å². The highest BCUT2D eigenvalue weighted by Crippen LogP contribution is 2.36. The van der Waals surface area contributed by atoms with Crippen LogP contribution in [0.2, 0.25) is 5.02 Å². The van der Waals surface area contributed by atoms with Crippen molar-refractivity contribution >= 4 is 33.3 Å². The largest absolute Gasteiger partial charge is 0.383 e. The zero-order valence-corrected chi connectivity index (χ0v) is 13.7. The van der Waals surface area contributed by atoms with Crippen LogP contribution in [-0.4, -0.2) is 9.78 Å². The Bertz CT molecular complexity index is 777. The Morgan fingerprint density at radius 2 is 1.57 bits per heavy atom. The molecule has 2 N–H and O–H groups in total. The monoisotopic (exact) mass is 361 g/mol. The van der Waals surface area contributed by atoms with Gasteiger partial charge in [0.05, 0.1) is 5.56 Å². The quantitative estimate of drug-likeness (QED) is 0.715. The molecule has 3 aromatic rings. The Morgan fingerprint density at radius 3 is 2.19 bits per heavy atom. The van der Waals surface area contributed by atoms with E-state index in [1.54, 1.807) is 4.68 Å². The Kier molecular flexibility index (Phi) is 3.74. The average Bonchev–Trinajstić information content (AvgIpc) is 2.77. The summed E-state index contributed by atoms with van der Waals surface area (Å²) < 4.78 is 2.73. The van der Waals surface area contributed by atoms with Crippen LogP contribution in [0.5, 0.6) is 0 Å². The molecule has 0 bridgehead atoms. The number of rotatable bonds is 2. The Morgan fingerprint density at radius 1 is 1.00 bits per heavy atom. The summed E-state index contributed by atoms with van der Waals surface area (Å²) in [5.41, 5.74) is 10.0. The summed E-state index contributed by atoms with van der Waals surface area (Å²) in [6.45, 7) is 0. The molecule has 0 amide bonds. The lowest BCUT2D eigenvalue weighted by Gasteiger charge is -2.05. The molecule has 0 spiro atoms. The van der Waals surface area contributed by atoms with Gasteiger partial charge in [-0.3, -0.25) is 4.68 Å². The molecular weight excluding hydrogens is 350 g/mol. The van der Waals surface area contributed by atoms with Gasteiger partial charge in [0, 0.05) is 22.1 Å². The van der Waals surface area contributed by atoms with Crippen molar-refractivity contribution in [2.45, 2.75) is 0 Å². The fourth-order valence-corrected chi connectivity index (χ4v) is 2.64. The minimum atomic E-state index is 0.634. The van der Waals surface area contributed by atoms with E-state index in [0.29, 0.717) is 10.8 Å². The van der Waals surface area contributed by atoms with Gasteiger partial charge >= 0.3 is 0 Å². The van der Waals surface area contributed by atoms with Crippen molar-refractivity contribution in [3.05, 3.63) is 58.0 Å². The number of hydrogen-bond donors (Lipinski definition) is 1. The molecular formula is C16H13BrClN3. The fourth-order valence-electron chi connectivity index (χ4n) is 2.25. The molecule has 0 atom stereocenters. The number of aryl methyl sites for hydroxylation is 1. The topological polar surface area (TPSA) is 43.8 Å². The maximum Gasteiger partial charge on any atom is 0.129 e. The molecule has 0 unspecified atom stereocenters. The van der Waals surface area contributed by atoms with E-state index in [4.69, 9.17) is 17.3 Å². The summed E-state index contributed by atoms with van der Waals surface area (Å²) in [5.74, 6) is 0.634. The third kappa shape index (κ3) is 2.69. The molecule has 0 saturated heterocycles. The molecule has 1 heterocycles. The highest BCUT2D eigenvalue weighted by Gasteiger charge is 2.17. The molecule has 5 heteroatoms. The second-order valence-electron chi connectivity index (χ2n) is 4.75. The molecule has 0 fully saturated rings. The summed E-state index contributed by atoms with van der Waals surface area (Å²) in [4.78, 5) is 0. The normalized spacial score (nSPS) is 10.8. The van der Waals surface area contributed by atoms with Crippen LogP contribution in [0.3, 0.4) is 0 Å². The lowest BCUT2D eigenvalue weighted by Crippen LogP contribution is -1.97. The van der Waals surface area contributed by atoms with E-state index in [2.05, 4.69) is 21.0 Å². The number of halogens is 2. The molecule has 2 aromatic carbocycles. The number of nitrogens with two attached hydrogens (primary N) is 1. The van der Waals surface area contributed by atoms with E-state index >= 15 is 0 Å². The lowest BCUT2D eigenvalue weighted by atomic mass is 10.0. The zero-order chi connectivity index (χ0) is 15.0. The number of hydrogen-bond acceptors (Lipinski definition) is 2. The SMILES string of the molecule is Cn1nc(-c2ccc(Br)cc2)c(-c2ccc(Cl)cc2)c1N. The third-order valence-electron chi connectivity index (χ3n) is 3.34. The fraction of sp³-hybridized carbons (Fsp3) is 0.0625. The van der Waals surface area contributed by atoms with Gasteiger partial charge in [0.2, 0.25) is 0 Å². The molecule has 106 valence electrons. The second kappa shape index (κ2) is 5.54. The smallest absolute Gasteiger partial charge is 0.129 e. The first-order valence-electron chi connectivity index (χ1n) is 6.40. The molecule has 0 radical (unpaired) electrons. The summed E-state index contributed by atoms with van der Waals surface area (Å²) >= 11 is 9.41. The van der Waals surface area contributed by atoms with Crippen molar-refractivity contribution in [2.75, 3.05) is 5.73 Å².